The predicted molar refractivity (Wildman–Crippen MR) is 85.5 cm³/mol. The molecule has 0 radical (unpaired) electrons. The van der Waals surface area contributed by atoms with Gasteiger partial charge in [0.1, 0.15) is 5.82 Å². The summed E-state index contributed by atoms with van der Waals surface area (Å²) in [5, 5.41) is 0. The van der Waals surface area contributed by atoms with Crippen LogP contribution in [0, 0.1) is 5.82 Å². The van der Waals surface area contributed by atoms with Crippen LogP contribution in [-0.4, -0.2) is 11.6 Å². The molecule has 2 nitrogen and oxygen atoms in total. The van der Waals surface area contributed by atoms with Crippen molar-refractivity contribution in [3.05, 3.63) is 83.7 Å². The number of carbonyl (C=O) groups is 2. The van der Waals surface area contributed by atoms with E-state index in [2.05, 4.69) is 0 Å². The second kappa shape index (κ2) is 7.84. The van der Waals surface area contributed by atoms with E-state index in [0.29, 0.717) is 5.56 Å². The van der Waals surface area contributed by atoms with Crippen molar-refractivity contribution in [2.24, 2.45) is 0 Å². The van der Waals surface area contributed by atoms with E-state index in [4.69, 9.17) is 0 Å². The number of benzene rings is 2. The van der Waals surface area contributed by atoms with Gasteiger partial charge in [-0.05, 0) is 29.9 Å². The van der Waals surface area contributed by atoms with Gasteiger partial charge in [0.15, 0.2) is 11.6 Å². The second-order valence-electron chi connectivity index (χ2n) is 4.71. The Balaban J connectivity index is 1.90. The molecule has 0 aliphatic heterocycles. The molecule has 0 aromatic heterocycles. The van der Waals surface area contributed by atoms with Gasteiger partial charge < -0.3 is 0 Å². The molecule has 0 N–H and O–H groups in total. The number of ketones is 2. The van der Waals surface area contributed by atoms with Crippen molar-refractivity contribution in [1.29, 1.82) is 0 Å². The molecule has 0 bridgehead atoms. The zero-order valence-corrected chi connectivity index (χ0v) is 11.9. The first-order valence-corrected chi connectivity index (χ1v) is 6.86. The summed E-state index contributed by atoms with van der Waals surface area (Å²) in [6.07, 6.45) is 5.42. The monoisotopic (exact) mass is 294 g/mol. The van der Waals surface area contributed by atoms with Crippen LogP contribution in [0.3, 0.4) is 0 Å². The van der Waals surface area contributed by atoms with Gasteiger partial charge in [0.25, 0.3) is 0 Å². The highest BCUT2D eigenvalue weighted by Gasteiger charge is 2.04. The molecule has 0 spiro atoms. The van der Waals surface area contributed by atoms with E-state index < -0.39 is 5.82 Å². The zero-order chi connectivity index (χ0) is 15.8. The molecule has 3 heteroatoms. The highest BCUT2D eigenvalue weighted by atomic mass is 19.1. The molecular formula is C19H15FO2. The Morgan fingerprint density at radius 3 is 2.09 bits per heavy atom. The Kier molecular flexibility index (Phi) is 5.55. The fourth-order valence-electron chi connectivity index (χ4n) is 1.84. The van der Waals surface area contributed by atoms with Crippen LogP contribution in [0.4, 0.5) is 4.39 Å². The summed E-state index contributed by atoms with van der Waals surface area (Å²) >= 11 is 0. The van der Waals surface area contributed by atoms with Crippen LogP contribution in [0.25, 0.3) is 12.2 Å². The predicted octanol–water partition coefficient (Wildman–Crippen LogP) is 4.08. The molecule has 2 aromatic carbocycles. The molecule has 0 unspecified atom stereocenters. The van der Waals surface area contributed by atoms with E-state index in [1.54, 1.807) is 24.3 Å². The van der Waals surface area contributed by atoms with E-state index in [-0.39, 0.29) is 18.0 Å². The molecule has 2 rings (SSSR count). The van der Waals surface area contributed by atoms with E-state index >= 15 is 0 Å². The Morgan fingerprint density at radius 2 is 1.41 bits per heavy atom. The van der Waals surface area contributed by atoms with Gasteiger partial charge in [0.05, 0.1) is 6.42 Å². The number of rotatable bonds is 6. The number of allylic oxidation sites excluding steroid dienone is 2. The third-order valence-electron chi connectivity index (χ3n) is 2.96. The summed E-state index contributed by atoms with van der Waals surface area (Å²) in [7, 11) is 0. The van der Waals surface area contributed by atoms with E-state index in [1.165, 1.54) is 24.3 Å². The fraction of sp³-hybridized carbons (Fsp3) is 0.0526. The first-order chi connectivity index (χ1) is 10.6. The van der Waals surface area contributed by atoms with Crippen molar-refractivity contribution in [2.45, 2.75) is 6.42 Å². The summed E-state index contributed by atoms with van der Waals surface area (Å²) in [6.45, 7) is 0. The van der Waals surface area contributed by atoms with Crippen molar-refractivity contribution in [3.8, 4) is 0 Å². The number of halogens is 1. The standard InChI is InChI=1S/C19H15FO2/c20-19-9-5-4-8-16(19)11-13-18(22)14-17(21)12-10-15-6-2-1-3-7-15/h1-13H,14H2/b12-10+,13-11+. The lowest BCUT2D eigenvalue weighted by Gasteiger charge is -1.95. The lowest BCUT2D eigenvalue weighted by atomic mass is 10.1. The van der Waals surface area contributed by atoms with E-state index in [1.807, 2.05) is 30.3 Å². The van der Waals surface area contributed by atoms with Gasteiger partial charge >= 0.3 is 0 Å². The largest absolute Gasteiger partial charge is 0.294 e. The van der Waals surface area contributed by atoms with Crippen LogP contribution in [0.2, 0.25) is 0 Å². The quantitative estimate of drug-likeness (QED) is 0.594. The smallest absolute Gasteiger partial charge is 0.163 e. The van der Waals surface area contributed by atoms with Gasteiger partial charge in [0.2, 0.25) is 0 Å². The molecule has 0 saturated carbocycles. The first-order valence-electron chi connectivity index (χ1n) is 6.86. The molecule has 22 heavy (non-hydrogen) atoms. The van der Waals surface area contributed by atoms with E-state index in [0.717, 1.165) is 5.56 Å². The van der Waals surface area contributed by atoms with Crippen molar-refractivity contribution < 1.29 is 14.0 Å². The van der Waals surface area contributed by atoms with Gasteiger partial charge in [-0.2, -0.15) is 0 Å². The van der Waals surface area contributed by atoms with Crippen LogP contribution in [0.5, 0.6) is 0 Å². The Bertz CT molecular complexity index is 715. The van der Waals surface area contributed by atoms with Crippen LogP contribution in [0.1, 0.15) is 17.5 Å². The van der Waals surface area contributed by atoms with Crippen LogP contribution < -0.4 is 0 Å². The number of carbonyl (C=O) groups excluding carboxylic acids is 2. The van der Waals surface area contributed by atoms with Gasteiger partial charge in [-0.1, -0.05) is 54.6 Å². The first kappa shape index (κ1) is 15.6. The zero-order valence-electron chi connectivity index (χ0n) is 11.9. The van der Waals surface area contributed by atoms with Crippen molar-refractivity contribution in [3.63, 3.8) is 0 Å². The maximum absolute atomic E-state index is 13.4. The summed E-state index contributed by atoms with van der Waals surface area (Å²) in [5.74, 6) is -1.04. The third kappa shape index (κ3) is 4.94. The van der Waals surface area contributed by atoms with Gasteiger partial charge in [-0.15, -0.1) is 0 Å². The summed E-state index contributed by atoms with van der Waals surface area (Å²) < 4.78 is 13.4. The topological polar surface area (TPSA) is 34.1 Å². The normalized spacial score (nSPS) is 11.1. The molecule has 2 aromatic rings. The van der Waals surface area contributed by atoms with Crippen LogP contribution >= 0.6 is 0 Å². The third-order valence-corrected chi connectivity index (χ3v) is 2.96. The molecule has 0 aliphatic rings. The average molecular weight is 294 g/mol. The molecular weight excluding hydrogens is 279 g/mol. The van der Waals surface area contributed by atoms with E-state index in [9.17, 15) is 14.0 Å². The summed E-state index contributed by atoms with van der Waals surface area (Å²) in [4.78, 5) is 23.4. The maximum atomic E-state index is 13.4. The SMILES string of the molecule is O=C(/C=C/c1ccccc1)CC(=O)/C=C/c1ccccc1F. The molecule has 0 fully saturated rings. The lowest BCUT2D eigenvalue weighted by molar-refractivity contribution is -0.121. The Hall–Kier alpha value is -2.81. The number of hydrogen-bond donors (Lipinski definition) is 0. The lowest BCUT2D eigenvalue weighted by Crippen LogP contribution is -2.02. The fourth-order valence-corrected chi connectivity index (χ4v) is 1.84. The molecule has 0 saturated heterocycles. The molecule has 0 atom stereocenters. The van der Waals surface area contributed by atoms with Crippen LogP contribution in [-0.2, 0) is 9.59 Å². The second-order valence-corrected chi connectivity index (χ2v) is 4.71. The Labute approximate surface area is 128 Å². The highest BCUT2D eigenvalue weighted by molar-refractivity contribution is 6.10. The number of hydrogen-bond acceptors (Lipinski definition) is 2. The molecule has 110 valence electrons. The van der Waals surface area contributed by atoms with Crippen molar-refractivity contribution in [2.75, 3.05) is 0 Å². The highest BCUT2D eigenvalue weighted by Crippen LogP contribution is 2.08. The average Bonchev–Trinajstić information content (AvgIpc) is 2.53. The molecule has 0 amide bonds. The van der Waals surface area contributed by atoms with Crippen LogP contribution in [0.15, 0.2) is 66.7 Å². The van der Waals surface area contributed by atoms with Gasteiger partial charge in [0, 0.05) is 5.56 Å². The van der Waals surface area contributed by atoms with Gasteiger partial charge in [-0.25, -0.2) is 4.39 Å². The maximum Gasteiger partial charge on any atom is 0.163 e. The minimum atomic E-state index is -0.401. The van der Waals surface area contributed by atoms with Gasteiger partial charge in [-0.3, -0.25) is 9.59 Å². The molecule has 0 aliphatic carbocycles. The minimum absolute atomic E-state index is 0.228. The molecule has 0 heterocycles. The summed E-state index contributed by atoms with van der Waals surface area (Å²) in [5.41, 5.74) is 1.22. The summed E-state index contributed by atoms with van der Waals surface area (Å²) in [6, 6.07) is 15.5. The van der Waals surface area contributed by atoms with Crippen molar-refractivity contribution >= 4 is 23.7 Å². The minimum Gasteiger partial charge on any atom is -0.294 e. The Morgan fingerprint density at radius 1 is 0.818 bits per heavy atom. The van der Waals surface area contributed by atoms with Crippen molar-refractivity contribution in [1.82, 2.24) is 0 Å².